The average Bonchev–Trinajstić information content (AvgIpc) is 3.98. The molecule has 0 unspecified atom stereocenters. The van der Waals surface area contributed by atoms with E-state index >= 15 is 0 Å². The average molecular weight is 901 g/mol. The van der Waals surface area contributed by atoms with E-state index < -0.39 is 54.4 Å². The number of rotatable bonds is 16. The first-order chi connectivity index (χ1) is 31.6. The highest BCUT2D eigenvalue weighted by Crippen LogP contribution is 2.58. The van der Waals surface area contributed by atoms with Gasteiger partial charge in [-0.25, -0.2) is 4.79 Å². The minimum Gasteiger partial charge on any atom is -0.492 e. The summed E-state index contributed by atoms with van der Waals surface area (Å²) in [6.07, 6.45) is 6.77. The standard InChI is InChI=1S/C50H64N2O13/c1-3-62-49(59)48-38(26-56)42-32-19-33(25-55)44(58)36(21-32)35-20-31-9-13-51-40(31)22-30(35)8-7-29(24-54)28-63-46-37-23-41(64-45(37)39(27-57)47(65-48)43(42)46)50(60,12-4-5-17-53)34-10-15-52(16-11-34)14-6-18-61-2/h9,20,22,26,29,33-34,36,41,53-55,57,60H,3-8,10-19,21,23-25,27-28H2,1-2H3/b42-32-/t29-,33+,36+,41+,50-/m1/s1. The normalized spacial score (nSPS) is 25.1. The lowest BCUT2D eigenvalue weighted by molar-refractivity contribution is -0.141. The van der Waals surface area contributed by atoms with Gasteiger partial charge in [0.1, 0.15) is 34.7 Å². The number of methoxy groups -OCH3 is 1. The molecular weight excluding hydrogens is 837 g/mol. The molecule has 5 heterocycles. The van der Waals surface area contributed by atoms with Gasteiger partial charge in [0.2, 0.25) is 5.76 Å². The second-order valence-corrected chi connectivity index (χ2v) is 18.4. The second-order valence-electron chi connectivity index (χ2n) is 18.4. The minimum absolute atomic E-state index is 0.0186. The van der Waals surface area contributed by atoms with Gasteiger partial charge in [0, 0.05) is 68.8 Å². The van der Waals surface area contributed by atoms with Crippen molar-refractivity contribution < 1.29 is 63.6 Å². The Balaban J connectivity index is 1.32. The first-order valence-corrected chi connectivity index (χ1v) is 23.5. The lowest BCUT2D eigenvalue weighted by Gasteiger charge is -2.44. The van der Waals surface area contributed by atoms with Crippen LogP contribution in [0.2, 0.25) is 0 Å². The summed E-state index contributed by atoms with van der Waals surface area (Å²) in [5.74, 6) is -3.07. The van der Waals surface area contributed by atoms with E-state index in [9.17, 15) is 39.9 Å². The predicted molar refractivity (Wildman–Crippen MR) is 238 cm³/mol. The highest BCUT2D eigenvalue weighted by molar-refractivity contribution is 6.11. The summed E-state index contributed by atoms with van der Waals surface area (Å²) in [5, 5.41) is 57.7. The molecule has 0 aromatic heterocycles. The van der Waals surface area contributed by atoms with Crippen molar-refractivity contribution in [2.45, 2.75) is 102 Å². The van der Waals surface area contributed by atoms with E-state index in [1.54, 1.807) is 14.0 Å². The third-order valence-corrected chi connectivity index (χ3v) is 14.6. The quantitative estimate of drug-likeness (QED) is 0.0931. The van der Waals surface area contributed by atoms with Crippen molar-refractivity contribution in [3.63, 3.8) is 0 Å². The zero-order valence-corrected chi connectivity index (χ0v) is 37.6. The van der Waals surface area contributed by atoms with Crippen molar-refractivity contribution >= 4 is 29.7 Å². The smallest absolute Gasteiger partial charge is 0.375 e. The summed E-state index contributed by atoms with van der Waals surface area (Å²) in [6, 6.07) is 4.01. The molecule has 65 heavy (non-hydrogen) atoms. The van der Waals surface area contributed by atoms with Gasteiger partial charge >= 0.3 is 5.97 Å². The van der Waals surface area contributed by atoms with Crippen molar-refractivity contribution in [2.24, 2.45) is 22.7 Å². The Morgan fingerprint density at radius 1 is 1.02 bits per heavy atom. The fourth-order valence-corrected chi connectivity index (χ4v) is 11.2. The van der Waals surface area contributed by atoms with E-state index in [1.807, 2.05) is 18.2 Å². The van der Waals surface area contributed by atoms with Crippen LogP contribution < -0.4 is 24.8 Å². The van der Waals surface area contributed by atoms with E-state index in [2.05, 4.69) is 9.89 Å². The molecular formula is C50H64N2O13. The van der Waals surface area contributed by atoms with Crippen molar-refractivity contribution in [3.8, 4) is 17.2 Å². The maximum absolute atomic E-state index is 14.5. The molecule has 1 aliphatic carbocycles. The summed E-state index contributed by atoms with van der Waals surface area (Å²) < 4.78 is 31.0. The largest absolute Gasteiger partial charge is 0.492 e. The van der Waals surface area contributed by atoms with Crippen LogP contribution in [0.4, 0.5) is 0 Å². The van der Waals surface area contributed by atoms with Crippen LogP contribution in [0.1, 0.15) is 98.4 Å². The first kappa shape index (κ1) is 47.0. The number of ether oxygens (including phenoxy) is 5. The number of fused-ring (bicyclic) bond motifs is 7. The Labute approximate surface area is 379 Å². The summed E-state index contributed by atoms with van der Waals surface area (Å²) in [4.78, 5) is 49.0. The number of unbranched alkanes of at least 4 members (excludes halogenated alkanes) is 1. The molecule has 0 radical (unpaired) electrons. The molecule has 8 rings (SSSR count). The molecule has 5 aliphatic heterocycles. The van der Waals surface area contributed by atoms with E-state index in [0.717, 1.165) is 47.8 Å². The van der Waals surface area contributed by atoms with Gasteiger partial charge in [-0.15, -0.1) is 0 Å². The number of hydrogen-bond donors (Lipinski definition) is 5. The number of benzene rings is 2. The van der Waals surface area contributed by atoms with Gasteiger partial charge in [-0.05, 0) is 119 Å². The molecule has 352 valence electrons. The Morgan fingerprint density at radius 3 is 2.54 bits per heavy atom. The number of carbonyl (C=O) groups excluding carboxylic acids is 3. The molecule has 15 nitrogen and oxygen atoms in total. The van der Waals surface area contributed by atoms with Crippen LogP contribution in [-0.2, 0) is 43.3 Å². The molecule has 0 spiro atoms. The summed E-state index contributed by atoms with van der Waals surface area (Å²) >= 11 is 0. The van der Waals surface area contributed by atoms with Gasteiger partial charge in [0.25, 0.3) is 0 Å². The molecule has 2 aromatic carbocycles. The fourth-order valence-electron chi connectivity index (χ4n) is 11.2. The van der Waals surface area contributed by atoms with E-state index in [-0.39, 0.29) is 91.3 Å². The van der Waals surface area contributed by atoms with E-state index in [0.29, 0.717) is 81.1 Å². The van der Waals surface area contributed by atoms with Crippen LogP contribution in [0.15, 0.2) is 34.0 Å². The molecule has 5 N–H and O–H groups in total. The predicted octanol–water partition coefficient (Wildman–Crippen LogP) is 2.39. The van der Waals surface area contributed by atoms with Crippen molar-refractivity contribution in [1.82, 2.24) is 4.90 Å². The topological polar surface area (TPSA) is 214 Å². The Kier molecular flexibility index (Phi) is 14.9. The third-order valence-electron chi connectivity index (χ3n) is 14.6. The Morgan fingerprint density at radius 2 is 1.83 bits per heavy atom. The molecule has 2 fully saturated rings. The highest BCUT2D eigenvalue weighted by atomic mass is 16.6. The van der Waals surface area contributed by atoms with Crippen LogP contribution in [0.25, 0.3) is 11.6 Å². The number of aliphatic hydroxyl groups excluding tert-OH is 4. The summed E-state index contributed by atoms with van der Waals surface area (Å²) in [7, 11) is 1.69. The van der Waals surface area contributed by atoms with Gasteiger partial charge < -0.3 is 54.1 Å². The molecule has 6 aliphatic rings. The first-order valence-electron chi connectivity index (χ1n) is 23.5. The van der Waals surface area contributed by atoms with Crippen molar-refractivity contribution in [1.29, 1.82) is 0 Å². The van der Waals surface area contributed by atoms with E-state index in [4.69, 9.17) is 23.7 Å². The molecule has 2 bridgehead atoms. The summed E-state index contributed by atoms with van der Waals surface area (Å²) in [5.41, 5.74) is 2.11. The van der Waals surface area contributed by atoms with Crippen LogP contribution in [0.3, 0.4) is 0 Å². The number of likely N-dealkylation sites (tertiary alicyclic amines) is 1. The van der Waals surface area contributed by atoms with Gasteiger partial charge in [-0.1, -0.05) is 11.6 Å². The molecule has 5 atom stereocenters. The number of allylic oxidation sites excluding steroid dienone is 3. The Bertz CT molecular complexity index is 2330. The van der Waals surface area contributed by atoms with Crippen molar-refractivity contribution in [3.05, 3.63) is 67.4 Å². The lowest BCUT2D eigenvalue weighted by atomic mass is 9.70. The van der Waals surface area contributed by atoms with Gasteiger partial charge in [0.05, 0.1) is 55.0 Å². The fraction of sp³-hybridized carbons (Fsp3) is 0.600. The van der Waals surface area contributed by atoms with Gasteiger partial charge in [-0.3, -0.25) is 14.6 Å². The number of piperidine rings is 1. The number of aryl methyl sites for hydroxylation is 1. The highest BCUT2D eigenvalue weighted by Gasteiger charge is 2.51. The molecule has 0 amide bonds. The molecule has 1 saturated carbocycles. The van der Waals surface area contributed by atoms with Crippen LogP contribution in [-0.4, -0.2) is 133 Å². The number of esters is 1. The van der Waals surface area contributed by atoms with Crippen LogP contribution in [0, 0.1) is 17.8 Å². The zero-order chi connectivity index (χ0) is 45.8. The molecule has 2 aromatic rings. The maximum Gasteiger partial charge on any atom is 0.375 e. The number of Topliss-reactive ketones (excluding diaryl/α,β-unsaturated/α-hetero) is 1. The van der Waals surface area contributed by atoms with Crippen LogP contribution >= 0.6 is 0 Å². The summed E-state index contributed by atoms with van der Waals surface area (Å²) in [6.45, 7) is 3.93. The SMILES string of the molecule is CCOC(=O)C1=C(C=O)/C2=C3\C[C@@H](CO)C(=O)[C@@H](C3)c3cc4c(cc3CC[C@H](CO)COc3c5c(c(CO)c(c32)O1)O[C@H]([C@@](O)(CCCCO)C1CCN(CCCOC)CC1)C5)=NCC=4. The zero-order valence-electron chi connectivity index (χ0n) is 37.6. The van der Waals surface area contributed by atoms with Gasteiger partial charge in [0.15, 0.2) is 6.29 Å². The molecule has 1 saturated heterocycles. The van der Waals surface area contributed by atoms with Crippen molar-refractivity contribution in [2.75, 3.05) is 72.9 Å². The Hall–Kier alpha value is -4.48. The number of ketones is 1. The van der Waals surface area contributed by atoms with E-state index in [1.165, 1.54) is 0 Å². The number of hydrogen-bond acceptors (Lipinski definition) is 15. The second kappa shape index (κ2) is 20.6. The number of nitrogens with zero attached hydrogens (tertiary/aromatic N) is 2. The number of aliphatic hydroxyl groups is 5. The monoisotopic (exact) mass is 900 g/mol. The lowest BCUT2D eigenvalue weighted by Crippen LogP contribution is -2.54. The third kappa shape index (κ3) is 9.05. The number of aldehydes is 1. The van der Waals surface area contributed by atoms with Gasteiger partial charge in [-0.2, -0.15) is 0 Å². The maximum atomic E-state index is 14.5. The molecule has 15 heteroatoms. The number of carbonyl (C=O) groups is 3. The van der Waals surface area contributed by atoms with Crippen LogP contribution in [0.5, 0.6) is 17.2 Å². The minimum atomic E-state index is -1.37.